The van der Waals surface area contributed by atoms with Crippen molar-refractivity contribution < 1.29 is 19.1 Å². The van der Waals surface area contributed by atoms with Gasteiger partial charge < -0.3 is 14.8 Å². The van der Waals surface area contributed by atoms with Gasteiger partial charge in [-0.25, -0.2) is 9.78 Å². The molecule has 1 atom stereocenters. The number of esters is 1. The number of nitrogens with one attached hydrogen (secondary N) is 1. The van der Waals surface area contributed by atoms with Crippen LogP contribution in [0.5, 0.6) is 5.75 Å². The van der Waals surface area contributed by atoms with E-state index in [1.807, 2.05) is 12.3 Å². The maximum absolute atomic E-state index is 12.4. The van der Waals surface area contributed by atoms with Crippen LogP contribution in [0.1, 0.15) is 40.8 Å². The summed E-state index contributed by atoms with van der Waals surface area (Å²) < 4.78 is 10.8. The fraction of sp³-hybridized carbons (Fsp3) is 0.400. The third-order valence-electron chi connectivity index (χ3n) is 4.51. The quantitative estimate of drug-likeness (QED) is 0.685. The average Bonchev–Trinajstić information content (AvgIpc) is 3.47. The number of nitriles is 1. The number of hydrogen-bond donors (Lipinski definition) is 1. The first kappa shape index (κ1) is 19.8. The Hall–Kier alpha value is -2.92. The van der Waals surface area contributed by atoms with Gasteiger partial charge in [0.2, 0.25) is 0 Å². The van der Waals surface area contributed by atoms with E-state index in [0.29, 0.717) is 5.75 Å². The van der Waals surface area contributed by atoms with Crippen LogP contribution in [0.15, 0.2) is 29.6 Å². The SMILES string of the molecule is Cc1nc(COc2ccccc2C(=O)OCC(=O)N[C@@](C)(C#N)C2CC2)cs1. The number of thiazole rings is 1. The first-order chi connectivity index (χ1) is 13.4. The van der Waals surface area contributed by atoms with Crippen LogP contribution in [-0.2, 0) is 16.1 Å². The first-order valence-corrected chi connectivity index (χ1v) is 9.81. The summed E-state index contributed by atoms with van der Waals surface area (Å²) in [5.74, 6) is -0.648. The highest BCUT2D eigenvalue weighted by Gasteiger charge is 2.43. The van der Waals surface area contributed by atoms with Gasteiger partial charge in [0.15, 0.2) is 6.61 Å². The van der Waals surface area contributed by atoms with E-state index in [9.17, 15) is 14.9 Å². The molecule has 1 saturated carbocycles. The van der Waals surface area contributed by atoms with E-state index in [0.717, 1.165) is 23.5 Å². The predicted octanol–water partition coefficient (Wildman–Crippen LogP) is 3.00. The number of aromatic nitrogens is 1. The Bertz CT molecular complexity index is 916. The van der Waals surface area contributed by atoms with Gasteiger partial charge in [0, 0.05) is 5.38 Å². The lowest BCUT2D eigenvalue weighted by molar-refractivity contribution is -0.125. The molecule has 2 aromatic rings. The van der Waals surface area contributed by atoms with Crippen LogP contribution in [0.25, 0.3) is 0 Å². The van der Waals surface area contributed by atoms with E-state index in [-0.39, 0.29) is 18.1 Å². The first-order valence-electron chi connectivity index (χ1n) is 8.93. The highest BCUT2D eigenvalue weighted by Crippen LogP contribution is 2.39. The van der Waals surface area contributed by atoms with Gasteiger partial charge in [0.1, 0.15) is 23.5 Å². The number of carbonyl (C=O) groups excluding carboxylic acids is 2. The Morgan fingerprint density at radius 1 is 1.39 bits per heavy atom. The molecule has 0 saturated heterocycles. The fourth-order valence-electron chi connectivity index (χ4n) is 2.80. The van der Waals surface area contributed by atoms with E-state index in [1.54, 1.807) is 31.2 Å². The zero-order chi connectivity index (χ0) is 20.1. The molecule has 3 rings (SSSR count). The topological polar surface area (TPSA) is 101 Å². The van der Waals surface area contributed by atoms with E-state index in [4.69, 9.17) is 9.47 Å². The number of aryl methyl sites for hydroxylation is 1. The second-order valence-electron chi connectivity index (χ2n) is 6.86. The second-order valence-corrected chi connectivity index (χ2v) is 7.92. The van der Waals surface area contributed by atoms with Crippen molar-refractivity contribution >= 4 is 23.2 Å². The van der Waals surface area contributed by atoms with E-state index < -0.39 is 24.0 Å². The smallest absolute Gasteiger partial charge is 0.342 e. The molecule has 1 heterocycles. The van der Waals surface area contributed by atoms with Gasteiger partial charge >= 0.3 is 5.97 Å². The van der Waals surface area contributed by atoms with Crippen LogP contribution in [0.2, 0.25) is 0 Å². The summed E-state index contributed by atoms with van der Waals surface area (Å²) in [5.41, 5.74) is 0.0873. The monoisotopic (exact) mass is 399 g/mol. The molecule has 1 aromatic carbocycles. The largest absolute Gasteiger partial charge is 0.486 e. The van der Waals surface area contributed by atoms with Crippen LogP contribution in [-0.4, -0.2) is 29.0 Å². The van der Waals surface area contributed by atoms with Crippen LogP contribution >= 0.6 is 11.3 Å². The highest BCUT2D eigenvalue weighted by molar-refractivity contribution is 7.09. The van der Waals surface area contributed by atoms with Crippen molar-refractivity contribution in [3.05, 3.63) is 45.9 Å². The number of hydrogen-bond acceptors (Lipinski definition) is 7. The molecular weight excluding hydrogens is 378 g/mol. The van der Waals surface area contributed by atoms with E-state index >= 15 is 0 Å². The van der Waals surface area contributed by atoms with Gasteiger partial charge in [-0.2, -0.15) is 5.26 Å². The van der Waals surface area contributed by atoms with Gasteiger partial charge in [-0.15, -0.1) is 11.3 Å². The molecule has 0 bridgehead atoms. The summed E-state index contributed by atoms with van der Waals surface area (Å²) in [4.78, 5) is 28.8. The lowest BCUT2D eigenvalue weighted by Gasteiger charge is -2.22. The minimum absolute atomic E-state index is 0.153. The number of nitrogens with zero attached hydrogens (tertiary/aromatic N) is 2. The van der Waals surface area contributed by atoms with Crippen molar-refractivity contribution in [3.63, 3.8) is 0 Å². The Labute approximate surface area is 167 Å². The van der Waals surface area contributed by atoms with Crippen LogP contribution in [0.3, 0.4) is 0 Å². The van der Waals surface area contributed by atoms with E-state index in [1.165, 1.54) is 11.3 Å². The number of amides is 1. The van der Waals surface area contributed by atoms with E-state index in [2.05, 4.69) is 16.4 Å². The minimum atomic E-state index is -0.920. The fourth-order valence-corrected chi connectivity index (χ4v) is 3.40. The summed E-state index contributed by atoms with van der Waals surface area (Å²) in [6, 6.07) is 8.81. The summed E-state index contributed by atoms with van der Waals surface area (Å²) in [5, 5.41) is 14.8. The number of para-hydroxylation sites is 1. The third-order valence-corrected chi connectivity index (χ3v) is 5.33. The maximum Gasteiger partial charge on any atom is 0.342 e. The molecule has 0 spiro atoms. The van der Waals surface area contributed by atoms with Crippen molar-refractivity contribution in [1.82, 2.24) is 10.3 Å². The zero-order valence-electron chi connectivity index (χ0n) is 15.7. The molecule has 28 heavy (non-hydrogen) atoms. The molecule has 146 valence electrons. The minimum Gasteiger partial charge on any atom is -0.486 e. The van der Waals surface area contributed by atoms with Crippen LogP contribution < -0.4 is 10.1 Å². The lowest BCUT2D eigenvalue weighted by Crippen LogP contribution is -2.48. The van der Waals surface area contributed by atoms with Crippen molar-refractivity contribution in [2.24, 2.45) is 5.92 Å². The molecular formula is C20H21N3O4S. The summed E-state index contributed by atoms with van der Waals surface area (Å²) in [6.45, 7) is 3.37. The highest BCUT2D eigenvalue weighted by atomic mass is 32.1. The van der Waals surface area contributed by atoms with Gasteiger partial charge in [-0.3, -0.25) is 4.79 Å². The second kappa shape index (κ2) is 8.40. The predicted molar refractivity (Wildman–Crippen MR) is 103 cm³/mol. The van der Waals surface area contributed by atoms with Crippen molar-refractivity contribution in [3.8, 4) is 11.8 Å². The Morgan fingerprint density at radius 3 is 2.79 bits per heavy atom. The zero-order valence-corrected chi connectivity index (χ0v) is 16.5. The molecule has 1 aliphatic rings. The molecule has 7 nitrogen and oxygen atoms in total. The average molecular weight is 399 g/mol. The Balaban J connectivity index is 1.56. The van der Waals surface area contributed by atoms with Gasteiger partial charge in [-0.05, 0) is 44.7 Å². The van der Waals surface area contributed by atoms with Crippen LogP contribution in [0, 0.1) is 24.2 Å². The molecule has 0 radical (unpaired) electrons. The number of benzene rings is 1. The normalized spacial score (nSPS) is 15.2. The maximum atomic E-state index is 12.4. The third kappa shape index (κ3) is 4.87. The lowest BCUT2D eigenvalue weighted by atomic mass is 9.98. The molecule has 1 aliphatic carbocycles. The van der Waals surface area contributed by atoms with Gasteiger partial charge in [0.25, 0.3) is 5.91 Å². The van der Waals surface area contributed by atoms with Gasteiger partial charge in [-0.1, -0.05) is 12.1 Å². The standard InChI is InChI=1S/C20H21N3O4S/c1-13-22-15(11-28-13)9-26-17-6-4-3-5-16(17)19(25)27-10-18(24)23-20(2,12-21)14-7-8-14/h3-6,11,14H,7-10H2,1-2H3,(H,23,24)/t20-/m0/s1. The van der Waals surface area contributed by atoms with Crippen LogP contribution in [0.4, 0.5) is 0 Å². The number of carbonyl (C=O) groups is 2. The molecule has 1 N–H and O–H groups in total. The Kier molecular flexibility index (Phi) is 5.95. The number of ether oxygens (including phenoxy) is 2. The summed E-state index contributed by atoms with van der Waals surface area (Å²) in [6.07, 6.45) is 1.82. The molecule has 1 aromatic heterocycles. The van der Waals surface area contributed by atoms with Crippen molar-refractivity contribution in [2.45, 2.75) is 38.8 Å². The molecule has 1 amide bonds. The Morgan fingerprint density at radius 2 is 2.14 bits per heavy atom. The molecule has 1 fully saturated rings. The van der Waals surface area contributed by atoms with Crippen molar-refractivity contribution in [1.29, 1.82) is 5.26 Å². The number of rotatable bonds is 8. The summed E-state index contributed by atoms with van der Waals surface area (Å²) in [7, 11) is 0. The van der Waals surface area contributed by atoms with Gasteiger partial charge in [0.05, 0.1) is 16.8 Å². The molecule has 0 aliphatic heterocycles. The molecule has 0 unspecified atom stereocenters. The van der Waals surface area contributed by atoms with Crippen molar-refractivity contribution in [2.75, 3.05) is 6.61 Å². The molecule has 8 heteroatoms. The summed E-state index contributed by atoms with van der Waals surface area (Å²) >= 11 is 1.52.